The first-order valence-electron chi connectivity index (χ1n) is 3.93. The van der Waals surface area contributed by atoms with E-state index in [2.05, 4.69) is 5.32 Å². The Bertz CT molecular complexity index is 116. The van der Waals surface area contributed by atoms with Crippen LogP contribution >= 0.6 is 0 Å². The molecule has 4 heteroatoms. The van der Waals surface area contributed by atoms with Gasteiger partial charge >= 0.3 is 0 Å². The Morgan fingerprint density at radius 2 is 2.27 bits per heavy atom. The SMILES string of the molecule is CCC(N)CC(=O)NCCN. The van der Waals surface area contributed by atoms with Crippen LogP contribution in [0.3, 0.4) is 0 Å². The highest BCUT2D eigenvalue weighted by Crippen LogP contribution is 1.91. The van der Waals surface area contributed by atoms with Gasteiger partial charge in [-0.25, -0.2) is 0 Å². The maximum atomic E-state index is 10.9. The maximum absolute atomic E-state index is 10.9. The second-order valence-electron chi connectivity index (χ2n) is 2.51. The topological polar surface area (TPSA) is 81.1 Å². The highest BCUT2D eigenvalue weighted by molar-refractivity contribution is 5.76. The summed E-state index contributed by atoms with van der Waals surface area (Å²) in [5.74, 6) is -0.00944. The van der Waals surface area contributed by atoms with Gasteiger partial charge < -0.3 is 16.8 Å². The zero-order valence-electron chi connectivity index (χ0n) is 6.97. The van der Waals surface area contributed by atoms with E-state index in [0.717, 1.165) is 6.42 Å². The van der Waals surface area contributed by atoms with E-state index in [1.54, 1.807) is 0 Å². The minimum atomic E-state index is -0.0206. The average Bonchev–Trinajstić information content (AvgIpc) is 2.00. The van der Waals surface area contributed by atoms with Crippen molar-refractivity contribution in [3.05, 3.63) is 0 Å². The van der Waals surface area contributed by atoms with Crippen LogP contribution in [0.4, 0.5) is 0 Å². The first-order valence-corrected chi connectivity index (χ1v) is 3.93. The molecule has 0 aliphatic heterocycles. The van der Waals surface area contributed by atoms with Crippen molar-refractivity contribution in [3.8, 4) is 0 Å². The van der Waals surface area contributed by atoms with E-state index in [0.29, 0.717) is 19.5 Å². The molecule has 5 N–H and O–H groups in total. The van der Waals surface area contributed by atoms with Gasteiger partial charge in [-0.1, -0.05) is 6.92 Å². The predicted molar refractivity (Wildman–Crippen MR) is 44.9 cm³/mol. The van der Waals surface area contributed by atoms with Crippen LogP contribution in [0.25, 0.3) is 0 Å². The Kier molecular flexibility index (Phi) is 5.78. The van der Waals surface area contributed by atoms with Gasteiger partial charge in [0.05, 0.1) is 0 Å². The summed E-state index contributed by atoms with van der Waals surface area (Å²) in [5.41, 5.74) is 10.7. The summed E-state index contributed by atoms with van der Waals surface area (Å²) >= 11 is 0. The molecule has 0 saturated carbocycles. The zero-order valence-corrected chi connectivity index (χ0v) is 6.97. The van der Waals surface area contributed by atoms with Crippen LogP contribution in [-0.2, 0) is 4.79 Å². The van der Waals surface area contributed by atoms with Crippen LogP contribution in [-0.4, -0.2) is 25.0 Å². The van der Waals surface area contributed by atoms with Gasteiger partial charge in [-0.2, -0.15) is 0 Å². The minimum absolute atomic E-state index is 0.00944. The third-order valence-corrected chi connectivity index (χ3v) is 1.44. The van der Waals surface area contributed by atoms with Gasteiger partial charge in [-0.05, 0) is 6.42 Å². The molecular formula is C7H17N3O. The molecule has 0 heterocycles. The van der Waals surface area contributed by atoms with Crippen LogP contribution < -0.4 is 16.8 Å². The van der Waals surface area contributed by atoms with Gasteiger partial charge in [0.1, 0.15) is 0 Å². The van der Waals surface area contributed by atoms with Gasteiger partial charge in [0.2, 0.25) is 5.91 Å². The predicted octanol–water partition coefficient (Wildman–Crippen LogP) is -0.811. The Morgan fingerprint density at radius 3 is 2.73 bits per heavy atom. The third-order valence-electron chi connectivity index (χ3n) is 1.44. The number of carbonyl (C=O) groups is 1. The highest BCUT2D eigenvalue weighted by Gasteiger charge is 2.05. The fourth-order valence-electron chi connectivity index (χ4n) is 0.666. The molecule has 0 aliphatic carbocycles. The largest absolute Gasteiger partial charge is 0.355 e. The molecule has 0 aromatic rings. The summed E-state index contributed by atoms with van der Waals surface area (Å²) in [5, 5.41) is 2.65. The van der Waals surface area contributed by atoms with Crippen LogP contribution in [0, 0.1) is 0 Å². The molecule has 1 atom stereocenters. The van der Waals surface area contributed by atoms with E-state index in [9.17, 15) is 4.79 Å². The molecule has 4 nitrogen and oxygen atoms in total. The third kappa shape index (κ3) is 5.82. The summed E-state index contributed by atoms with van der Waals surface area (Å²) in [6.07, 6.45) is 1.23. The molecule has 0 fully saturated rings. The van der Waals surface area contributed by atoms with Crippen molar-refractivity contribution in [1.29, 1.82) is 0 Å². The van der Waals surface area contributed by atoms with E-state index >= 15 is 0 Å². The molecule has 66 valence electrons. The number of nitrogens with one attached hydrogen (secondary N) is 1. The quantitative estimate of drug-likeness (QED) is 0.490. The number of hydrogen-bond donors (Lipinski definition) is 3. The number of amides is 1. The molecule has 11 heavy (non-hydrogen) atoms. The lowest BCUT2D eigenvalue weighted by Gasteiger charge is -2.07. The lowest BCUT2D eigenvalue weighted by atomic mass is 10.1. The Hall–Kier alpha value is -0.610. The fraction of sp³-hybridized carbons (Fsp3) is 0.857. The molecule has 0 rings (SSSR count). The zero-order chi connectivity index (χ0) is 8.69. The van der Waals surface area contributed by atoms with Crippen LogP contribution in [0.5, 0.6) is 0 Å². The summed E-state index contributed by atoms with van der Waals surface area (Å²) in [7, 11) is 0. The van der Waals surface area contributed by atoms with Crippen LogP contribution in [0.1, 0.15) is 19.8 Å². The van der Waals surface area contributed by atoms with E-state index in [4.69, 9.17) is 11.5 Å². The monoisotopic (exact) mass is 159 g/mol. The van der Waals surface area contributed by atoms with Crippen LogP contribution in [0.15, 0.2) is 0 Å². The Morgan fingerprint density at radius 1 is 1.64 bits per heavy atom. The smallest absolute Gasteiger partial charge is 0.221 e. The molecule has 0 radical (unpaired) electrons. The molecule has 1 amide bonds. The second-order valence-corrected chi connectivity index (χ2v) is 2.51. The van der Waals surface area contributed by atoms with E-state index in [1.807, 2.05) is 6.92 Å². The molecular weight excluding hydrogens is 142 g/mol. The van der Waals surface area contributed by atoms with Gasteiger partial charge in [0.25, 0.3) is 0 Å². The fourth-order valence-corrected chi connectivity index (χ4v) is 0.666. The summed E-state index contributed by atoms with van der Waals surface area (Å²) < 4.78 is 0. The molecule has 0 aromatic heterocycles. The van der Waals surface area contributed by atoms with Crippen molar-refractivity contribution >= 4 is 5.91 Å². The standard InChI is InChI=1S/C7H17N3O/c1-2-6(9)5-7(11)10-4-3-8/h6H,2-5,8-9H2,1H3,(H,10,11). The van der Waals surface area contributed by atoms with E-state index in [1.165, 1.54) is 0 Å². The van der Waals surface area contributed by atoms with E-state index < -0.39 is 0 Å². The Labute approximate surface area is 67.3 Å². The Balaban J connectivity index is 3.36. The van der Waals surface area contributed by atoms with Gasteiger partial charge in [-0.15, -0.1) is 0 Å². The molecule has 0 aromatic carbocycles. The summed E-state index contributed by atoms with van der Waals surface area (Å²) in [4.78, 5) is 10.9. The lowest BCUT2D eigenvalue weighted by molar-refractivity contribution is -0.121. The van der Waals surface area contributed by atoms with Gasteiger partial charge in [-0.3, -0.25) is 4.79 Å². The van der Waals surface area contributed by atoms with E-state index in [-0.39, 0.29) is 11.9 Å². The van der Waals surface area contributed by atoms with Crippen molar-refractivity contribution in [3.63, 3.8) is 0 Å². The van der Waals surface area contributed by atoms with Gasteiger partial charge in [0.15, 0.2) is 0 Å². The molecule has 1 unspecified atom stereocenters. The van der Waals surface area contributed by atoms with Crippen molar-refractivity contribution in [2.24, 2.45) is 11.5 Å². The lowest BCUT2D eigenvalue weighted by Crippen LogP contribution is -2.34. The number of carbonyl (C=O) groups excluding carboxylic acids is 1. The molecule has 0 bridgehead atoms. The number of rotatable bonds is 5. The molecule has 0 aliphatic rings. The van der Waals surface area contributed by atoms with Crippen molar-refractivity contribution < 1.29 is 4.79 Å². The first-order chi connectivity index (χ1) is 5.20. The molecule has 0 spiro atoms. The highest BCUT2D eigenvalue weighted by atomic mass is 16.1. The number of hydrogen-bond acceptors (Lipinski definition) is 3. The second kappa shape index (κ2) is 6.12. The number of nitrogens with two attached hydrogens (primary N) is 2. The summed E-state index contributed by atoms with van der Waals surface area (Å²) in [6.45, 7) is 2.98. The maximum Gasteiger partial charge on any atom is 0.221 e. The minimum Gasteiger partial charge on any atom is -0.355 e. The molecule has 0 saturated heterocycles. The van der Waals surface area contributed by atoms with Crippen molar-refractivity contribution in [1.82, 2.24) is 5.32 Å². The van der Waals surface area contributed by atoms with Crippen molar-refractivity contribution in [2.75, 3.05) is 13.1 Å². The van der Waals surface area contributed by atoms with Crippen LogP contribution in [0.2, 0.25) is 0 Å². The average molecular weight is 159 g/mol. The van der Waals surface area contributed by atoms with Gasteiger partial charge in [0, 0.05) is 25.6 Å². The normalized spacial score (nSPS) is 12.6. The van der Waals surface area contributed by atoms with Crippen molar-refractivity contribution in [2.45, 2.75) is 25.8 Å². The first kappa shape index (κ1) is 10.4. The summed E-state index contributed by atoms with van der Waals surface area (Å²) in [6, 6.07) is -0.0206.